The molecule has 6 heteroatoms. The summed E-state index contributed by atoms with van der Waals surface area (Å²) in [6.07, 6.45) is 1.56. The Bertz CT molecular complexity index is 1000. The Morgan fingerprint density at radius 3 is 2.21 bits per heavy atom. The maximum atomic E-state index is 13.0. The summed E-state index contributed by atoms with van der Waals surface area (Å²) in [4.78, 5) is 14.5. The summed E-state index contributed by atoms with van der Waals surface area (Å²) in [7, 11) is -3.29. The molecule has 0 bridgehead atoms. The number of amides is 1. The zero-order valence-electron chi connectivity index (χ0n) is 17.3. The standard InChI is InChI=1S/C23H27NO4S/c1-17-5-9-19(10-6-17)24(20-13-14-29(26,27)16-20)22(25)15-28-21-11-7-18(8-12-21)23(2,3)4/h5-14,20H,15-16H2,1-4H3/t20-/m0/s1. The summed E-state index contributed by atoms with van der Waals surface area (Å²) in [5.74, 6) is 0.192. The van der Waals surface area contributed by atoms with Crippen LogP contribution in [0, 0.1) is 6.92 Å². The molecule has 29 heavy (non-hydrogen) atoms. The van der Waals surface area contributed by atoms with Crippen molar-refractivity contribution in [1.29, 1.82) is 0 Å². The zero-order valence-corrected chi connectivity index (χ0v) is 18.1. The highest BCUT2D eigenvalue weighted by atomic mass is 32.2. The van der Waals surface area contributed by atoms with E-state index in [0.717, 1.165) is 5.56 Å². The Morgan fingerprint density at radius 2 is 1.69 bits per heavy atom. The van der Waals surface area contributed by atoms with Crippen molar-refractivity contribution in [3.8, 4) is 5.75 Å². The van der Waals surface area contributed by atoms with Crippen molar-refractivity contribution in [3.05, 3.63) is 71.1 Å². The van der Waals surface area contributed by atoms with Crippen molar-refractivity contribution in [2.24, 2.45) is 0 Å². The highest BCUT2D eigenvalue weighted by Crippen LogP contribution is 2.26. The largest absolute Gasteiger partial charge is 0.484 e. The summed E-state index contributed by atoms with van der Waals surface area (Å²) >= 11 is 0. The van der Waals surface area contributed by atoms with E-state index in [1.807, 2.05) is 55.5 Å². The van der Waals surface area contributed by atoms with Gasteiger partial charge >= 0.3 is 0 Å². The van der Waals surface area contributed by atoms with Gasteiger partial charge in [0.1, 0.15) is 5.75 Å². The van der Waals surface area contributed by atoms with Gasteiger partial charge in [0.2, 0.25) is 0 Å². The monoisotopic (exact) mass is 413 g/mol. The molecule has 3 rings (SSSR count). The number of ether oxygens (including phenoxy) is 1. The number of aryl methyl sites for hydroxylation is 1. The first kappa shape index (κ1) is 21.1. The summed E-state index contributed by atoms with van der Waals surface area (Å²) in [6, 6.07) is 14.6. The molecule has 154 valence electrons. The third kappa shape index (κ3) is 5.26. The minimum atomic E-state index is -3.29. The van der Waals surface area contributed by atoms with Crippen LogP contribution in [0.3, 0.4) is 0 Å². The number of rotatable bonds is 5. The van der Waals surface area contributed by atoms with Gasteiger partial charge < -0.3 is 9.64 Å². The molecule has 0 N–H and O–H groups in total. The maximum absolute atomic E-state index is 13.0. The number of carbonyl (C=O) groups excluding carboxylic acids is 1. The Balaban J connectivity index is 1.76. The van der Waals surface area contributed by atoms with Crippen LogP contribution in [-0.4, -0.2) is 32.7 Å². The lowest BCUT2D eigenvalue weighted by molar-refractivity contribution is -0.120. The molecule has 0 aliphatic carbocycles. The highest BCUT2D eigenvalue weighted by Gasteiger charge is 2.31. The van der Waals surface area contributed by atoms with Crippen LogP contribution in [0.15, 0.2) is 60.0 Å². The van der Waals surface area contributed by atoms with Gasteiger partial charge in [-0.1, -0.05) is 50.6 Å². The molecule has 1 amide bonds. The summed E-state index contributed by atoms with van der Waals surface area (Å²) in [6.45, 7) is 8.19. The van der Waals surface area contributed by atoms with Crippen LogP contribution in [0.2, 0.25) is 0 Å². The van der Waals surface area contributed by atoms with Crippen LogP contribution in [0.5, 0.6) is 5.75 Å². The van der Waals surface area contributed by atoms with Crippen LogP contribution in [0.1, 0.15) is 31.9 Å². The van der Waals surface area contributed by atoms with Crippen LogP contribution < -0.4 is 9.64 Å². The third-order valence-electron chi connectivity index (χ3n) is 4.91. The van der Waals surface area contributed by atoms with Gasteiger partial charge in [-0.15, -0.1) is 0 Å². The van der Waals surface area contributed by atoms with Gasteiger partial charge in [-0.2, -0.15) is 0 Å². The number of hydrogen-bond acceptors (Lipinski definition) is 4. The molecular weight excluding hydrogens is 386 g/mol. The fourth-order valence-electron chi connectivity index (χ4n) is 3.21. The van der Waals surface area contributed by atoms with Crippen LogP contribution >= 0.6 is 0 Å². The molecule has 2 aromatic rings. The van der Waals surface area contributed by atoms with Gasteiger partial charge in [-0.25, -0.2) is 8.42 Å². The first-order chi connectivity index (χ1) is 13.5. The van der Waals surface area contributed by atoms with Crippen LogP contribution in [-0.2, 0) is 20.0 Å². The SMILES string of the molecule is Cc1ccc(N(C(=O)COc2ccc(C(C)(C)C)cc2)[C@H]2C=CS(=O)(=O)C2)cc1. The summed E-state index contributed by atoms with van der Waals surface area (Å²) in [5, 5.41) is 1.18. The highest BCUT2D eigenvalue weighted by molar-refractivity contribution is 7.94. The van der Waals surface area contributed by atoms with E-state index in [9.17, 15) is 13.2 Å². The lowest BCUT2D eigenvalue weighted by Crippen LogP contribution is -2.43. The molecule has 0 fully saturated rings. The van der Waals surface area contributed by atoms with E-state index in [-0.39, 0.29) is 23.7 Å². The number of benzene rings is 2. The smallest absolute Gasteiger partial charge is 0.265 e. The molecule has 1 heterocycles. The van der Waals surface area contributed by atoms with Gasteiger partial charge in [0.05, 0.1) is 11.8 Å². The maximum Gasteiger partial charge on any atom is 0.265 e. The van der Waals surface area contributed by atoms with E-state index in [1.165, 1.54) is 15.9 Å². The quantitative estimate of drug-likeness (QED) is 0.743. The van der Waals surface area contributed by atoms with Crippen LogP contribution in [0.4, 0.5) is 5.69 Å². The predicted molar refractivity (Wildman–Crippen MR) is 116 cm³/mol. The summed E-state index contributed by atoms with van der Waals surface area (Å²) < 4.78 is 29.5. The second-order valence-electron chi connectivity index (χ2n) is 8.39. The Kier molecular flexibility index (Phi) is 5.85. The fraction of sp³-hybridized carbons (Fsp3) is 0.348. The minimum Gasteiger partial charge on any atom is -0.484 e. The van der Waals surface area contributed by atoms with E-state index in [4.69, 9.17) is 4.74 Å². The normalized spacial score (nSPS) is 17.9. The second-order valence-corrected chi connectivity index (χ2v) is 10.3. The molecule has 0 spiro atoms. The minimum absolute atomic E-state index is 0.0386. The lowest BCUT2D eigenvalue weighted by Gasteiger charge is -2.28. The van der Waals surface area contributed by atoms with Crippen molar-refractivity contribution >= 4 is 21.4 Å². The predicted octanol–water partition coefficient (Wildman–Crippen LogP) is 4.02. The van der Waals surface area contributed by atoms with Gasteiger partial charge in [-0.05, 0) is 48.2 Å². The average Bonchev–Trinajstić information content (AvgIpc) is 3.01. The van der Waals surface area contributed by atoms with Crippen molar-refractivity contribution in [2.75, 3.05) is 17.3 Å². The molecule has 5 nitrogen and oxygen atoms in total. The fourth-order valence-corrected chi connectivity index (χ4v) is 4.48. The van der Waals surface area contributed by atoms with Gasteiger partial charge in [0.25, 0.3) is 5.91 Å². The average molecular weight is 414 g/mol. The summed E-state index contributed by atoms with van der Waals surface area (Å²) in [5.41, 5.74) is 2.93. The zero-order chi connectivity index (χ0) is 21.2. The number of hydrogen-bond donors (Lipinski definition) is 0. The number of anilines is 1. The molecule has 0 unspecified atom stereocenters. The van der Waals surface area contributed by atoms with Crippen LogP contribution in [0.25, 0.3) is 0 Å². The molecule has 1 aliphatic heterocycles. The Hall–Kier alpha value is -2.60. The molecule has 0 saturated carbocycles. The van der Waals surface area contributed by atoms with E-state index in [2.05, 4.69) is 20.8 Å². The van der Waals surface area contributed by atoms with Gasteiger partial charge in [-0.3, -0.25) is 4.79 Å². The van der Waals surface area contributed by atoms with E-state index in [1.54, 1.807) is 6.08 Å². The Morgan fingerprint density at radius 1 is 1.07 bits per heavy atom. The topological polar surface area (TPSA) is 63.7 Å². The second kappa shape index (κ2) is 8.03. The van der Waals surface area contributed by atoms with E-state index < -0.39 is 15.9 Å². The first-order valence-electron chi connectivity index (χ1n) is 9.58. The number of nitrogens with zero attached hydrogens (tertiary/aromatic N) is 1. The van der Waals surface area contributed by atoms with E-state index in [0.29, 0.717) is 11.4 Å². The van der Waals surface area contributed by atoms with Gasteiger partial charge in [0, 0.05) is 11.1 Å². The van der Waals surface area contributed by atoms with E-state index >= 15 is 0 Å². The van der Waals surface area contributed by atoms with Gasteiger partial charge in [0.15, 0.2) is 16.4 Å². The van der Waals surface area contributed by atoms with Crippen molar-refractivity contribution in [2.45, 2.75) is 39.2 Å². The molecular formula is C23H27NO4S. The molecule has 0 radical (unpaired) electrons. The van der Waals surface area contributed by atoms with Crippen molar-refractivity contribution in [1.82, 2.24) is 0 Å². The molecule has 0 aromatic heterocycles. The number of sulfone groups is 1. The number of carbonyl (C=O) groups is 1. The first-order valence-corrected chi connectivity index (χ1v) is 11.3. The Labute approximate surface area is 172 Å². The molecule has 1 aliphatic rings. The van der Waals surface area contributed by atoms with Crippen molar-refractivity contribution in [3.63, 3.8) is 0 Å². The lowest BCUT2D eigenvalue weighted by atomic mass is 9.87. The molecule has 1 atom stereocenters. The third-order valence-corrected chi connectivity index (χ3v) is 6.28. The molecule has 0 saturated heterocycles. The van der Waals surface area contributed by atoms with Crippen molar-refractivity contribution < 1.29 is 17.9 Å². The molecule has 2 aromatic carbocycles.